The highest BCUT2D eigenvalue weighted by Crippen LogP contribution is 2.25. The zero-order valence-electron chi connectivity index (χ0n) is 17.5. The van der Waals surface area contributed by atoms with E-state index in [4.69, 9.17) is 0 Å². The van der Waals surface area contributed by atoms with Crippen molar-refractivity contribution < 1.29 is 4.48 Å². The number of quaternary nitrogens is 1. The van der Waals surface area contributed by atoms with E-state index in [1.807, 2.05) is 0 Å². The van der Waals surface area contributed by atoms with E-state index in [-0.39, 0.29) is 0 Å². The SMILES string of the molecule is CCCCCCCCCCCCCCCC[N+]1(C(C)C)CCCC1. The maximum Gasteiger partial charge on any atom is 0.0833 e. The van der Waals surface area contributed by atoms with Crippen molar-refractivity contribution in [3.63, 3.8) is 0 Å². The average Bonchev–Trinajstić information content (AvgIpc) is 3.05. The van der Waals surface area contributed by atoms with Crippen LogP contribution in [0, 0.1) is 0 Å². The molecule has 0 unspecified atom stereocenters. The van der Waals surface area contributed by atoms with Gasteiger partial charge in [-0.15, -0.1) is 0 Å². The lowest BCUT2D eigenvalue weighted by Crippen LogP contribution is -2.51. The molecule has 1 aliphatic heterocycles. The molecule has 0 radical (unpaired) electrons. The van der Waals surface area contributed by atoms with Crippen LogP contribution in [-0.2, 0) is 0 Å². The lowest BCUT2D eigenvalue weighted by Gasteiger charge is -2.38. The van der Waals surface area contributed by atoms with Gasteiger partial charge in [-0.25, -0.2) is 0 Å². The summed E-state index contributed by atoms with van der Waals surface area (Å²) in [6, 6.07) is 0.842. The average molecular weight is 339 g/mol. The molecule has 0 N–H and O–H groups in total. The molecule has 1 fully saturated rings. The van der Waals surface area contributed by atoms with Crippen molar-refractivity contribution >= 4 is 0 Å². The second-order valence-electron chi connectivity index (χ2n) is 8.79. The molecule has 1 heteroatoms. The number of hydrogen-bond acceptors (Lipinski definition) is 0. The summed E-state index contributed by atoms with van der Waals surface area (Å²) < 4.78 is 1.43. The lowest BCUT2D eigenvalue weighted by molar-refractivity contribution is -0.937. The van der Waals surface area contributed by atoms with Gasteiger partial charge in [-0.1, -0.05) is 84.0 Å². The van der Waals surface area contributed by atoms with E-state index in [1.165, 1.54) is 127 Å². The van der Waals surface area contributed by atoms with Gasteiger partial charge < -0.3 is 4.48 Å². The van der Waals surface area contributed by atoms with E-state index in [1.54, 1.807) is 0 Å². The molecule has 0 spiro atoms. The quantitative estimate of drug-likeness (QED) is 0.202. The van der Waals surface area contributed by atoms with Crippen molar-refractivity contribution in [2.75, 3.05) is 19.6 Å². The van der Waals surface area contributed by atoms with Crippen LogP contribution in [0.25, 0.3) is 0 Å². The molecule has 1 aliphatic rings. The fraction of sp³-hybridized carbons (Fsp3) is 1.00. The molecule has 144 valence electrons. The highest BCUT2D eigenvalue weighted by Gasteiger charge is 2.33. The molecular formula is C23H48N+. The van der Waals surface area contributed by atoms with Gasteiger partial charge >= 0.3 is 0 Å². The number of likely N-dealkylation sites (tertiary alicyclic amines) is 1. The predicted molar refractivity (Wildman–Crippen MR) is 110 cm³/mol. The third-order valence-electron chi connectivity index (χ3n) is 6.51. The summed E-state index contributed by atoms with van der Waals surface area (Å²) in [5.74, 6) is 0. The first kappa shape index (κ1) is 22.0. The molecule has 1 rings (SSSR count). The van der Waals surface area contributed by atoms with Gasteiger partial charge in [0.1, 0.15) is 0 Å². The summed E-state index contributed by atoms with van der Waals surface area (Å²) >= 11 is 0. The highest BCUT2D eigenvalue weighted by atomic mass is 15.4. The molecule has 0 atom stereocenters. The zero-order valence-corrected chi connectivity index (χ0v) is 17.5. The van der Waals surface area contributed by atoms with Crippen LogP contribution in [0.1, 0.15) is 124 Å². The zero-order chi connectivity index (χ0) is 17.5. The summed E-state index contributed by atoms with van der Waals surface area (Å²) in [7, 11) is 0. The second kappa shape index (κ2) is 14.2. The minimum Gasteiger partial charge on any atom is -0.322 e. The van der Waals surface area contributed by atoms with Crippen LogP contribution < -0.4 is 0 Å². The van der Waals surface area contributed by atoms with Crippen molar-refractivity contribution in [1.82, 2.24) is 0 Å². The van der Waals surface area contributed by atoms with E-state index in [0.29, 0.717) is 0 Å². The molecule has 0 aromatic rings. The predicted octanol–water partition coefficient (Wildman–Crippen LogP) is 7.49. The fourth-order valence-corrected chi connectivity index (χ4v) is 4.58. The molecule has 0 aliphatic carbocycles. The lowest BCUT2D eigenvalue weighted by atomic mass is 10.0. The van der Waals surface area contributed by atoms with Gasteiger partial charge in [0.25, 0.3) is 0 Å². The van der Waals surface area contributed by atoms with Crippen LogP contribution in [0.2, 0.25) is 0 Å². The molecule has 0 amide bonds. The molecular weight excluding hydrogens is 290 g/mol. The van der Waals surface area contributed by atoms with Gasteiger partial charge in [0, 0.05) is 12.8 Å². The Balaban J connectivity index is 1.82. The minimum absolute atomic E-state index is 0.842. The molecule has 1 nitrogen and oxygen atoms in total. The van der Waals surface area contributed by atoms with Gasteiger partial charge in [0.2, 0.25) is 0 Å². The number of rotatable bonds is 16. The summed E-state index contributed by atoms with van der Waals surface area (Å²) in [6.07, 6.45) is 23.5. The number of unbranched alkanes of at least 4 members (excludes halogenated alkanes) is 13. The Morgan fingerprint density at radius 2 is 0.958 bits per heavy atom. The maximum atomic E-state index is 2.44. The third kappa shape index (κ3) is 9.44. The van der Waals surface area contributed by atoms with Gasteiger partial charge in [0.15, 0.2) is 0 Å². The molecule has 0 bridgehead atoms. The molecule has 1 saturated heterocycles. The van der Waals surface area contributed by atoms with E-state index in [9.17, 15) is 0 Å². The smallest absolute Gasteiger partial charge is 0.0833 e. The Hall–Kier alpha value is -0.0400. The summed E-state index contributed by atoms with van der Waals surface area (Å²) in [5, 5.41) is 0. The van der Waals surface area contributed by atoms with Crippen LogP contribution in [0.5, 0.6) is 0 Å². The molecule has 0 saturated carbocycles. The Labute approximate surface area is 154 Å². The van der Waals surface area contributed by atoms with Crippen LogP contribution in [0.4, 0.5) is 0 Å². The van der Waals surface area contributed by atoms with Crippen molar-refractivity contribution in [2.45, 2.75) is 130 Å². The Morgan fingerprint density at radius 1 is 0.583 bits per heavy atom. The molecule has 1 heterocycles. The van der Waals surface area contributed by atoms with Gasteiger partial charge in [-0.05, 0) is 26.7 Å². The molecule has 24 heavy (non-hydrogen) atoms. The van der Waals surface area contributed by atoms with Crippen molar-refractivity contribution in [2.24, 2.45) is 0 Å². The maximum absolute atomic E-state index is 2.44. The Bertz CT molecular complexity index is 265. The number of hydrogen-bond donors (Lipinski definition) is 0. The van der Waals surface area contributed by atoms with Crippen LogP contribution in [0.15, 0.2) is 0 Å². The summed E-state index contributed by atoms with van der Waals surface area (Å²) in [5.41, 5.74) is 0. The monoisotopic (exact) mass is 338 g/mol. The highest BCUT2D eigenvalue weighted by molar-refractivity contribution is 4.59. The second-order valence-corrected chi connectivity index (χ2v) is 8.79. The Morgan fingerprint density at radius 3 is 1.33 bits per heavy atom. The molecule has 0 aromatic heterocycles. The van der Waals surface area contributed by atoms with Crippen molar-refractivity contribution in [3.05, 3.63) is 0 Å². The summed E-state index contributed by atoms with van der Waals surface area (Å²) in [4.78, 5) is 0. The third-order valence-corrected chi connectivity index (χ3v) is 6.51. The Kier molecular flexibility index (Phi) is 13.0. The van der Waals surface area contributed by atoms with E-state index in [2.05, 4.69) is 20.8 Å². The minimum atomic E-state index is 0.842. The normalized spacial score (nSPS) is 17.0. The fourth-order valence-electron chi connectivity index (χ4n) is 4.58. The standard InChI is InChI=1S/C23H48N/c1-4-5-6-7-8-9-10-11-12-13-14-15-16-17-20-24(23(2)3)21-18-19-22-24/h23H,4-22H2,1-3H3/q+1. The van der Waals surface area contributed by atoms with Crippen LogP contribution >= 0.6 is 0 Å². The van der Waals surface area contributed by atoms with Crippen molar-refractivity contribution in [1.29, 1.82) is 0 Å². The number of nitrogens with zero attached hydrogens (tertiary/aromatic N) is 1. The topological polar surface area (TPSA) is 0 Å². The van der Waals surface area contributed by atoms with Gasteiger partial charge in [-0.2, -0.15) is 0 Å². The molecule has 0 aromatic carbocycles. The largest absolute Gasteiger partial charge is 0.322 e. The van der Waals surface area contributed by atoms with Crippen molar-refractivity contribution in [3.8, 4) is 0 Å². The first-order valence-corrected chi connectivity index (χ1v) is 11.6. The van der Waals surface area contributed by atoms with Crippen LogP contribution in [0.3, 0.4) is 0 Å². The van der Waals surface area contributed by atoms with E-state index >= 15 is 0 Å². The van der Waals surface area contributed by atoms with Crippen LogP contribution in [-0.4, -0.2) is 30.2 Å². The van der Waals surface area contributed by atoms with E-state index < -0.39 is 0 Å². The summed E-state index contributed by atoms with van der Waals surface area (Å²) in [6.45, 7) is 11.5. The first-order valence-electron chi connectivity index (χ1n) is 11.6. The van der Waals surface area contributed by atoms with Gasteiger partial charge in [-0.3, -0.25) is 0 Å². The van der Waals surface area contributed by atoms with Gasteiger partial charge in [0.05, 0.1) is 25.7 Å². The first-order chi connectivity index (χ1) is 11.7. The van der Waals surface area contributed by atoms with E-state index in [0.717, 1.165) is 6.04 Å².